The molecule has 1 amide bonds. The Kier molecular flexibility index (Phi) is 8.40. The number of rotatable bonds is 7. The number of para-hydroxylation sites is 1. The highest BCUT2D eigenvalue weighted by Gasteiger charge is 2.33. The van der Waals surface area contributed by atoms with Crippen LogP contribution in [0.4, 0.5) is 5.69 Å². The van der Waals surface area contributed by atoms with Crippen molar-refractivity contribution in [1.82, 2.24) is 4.98 Å². The van der Waals surface area contributed by atoms with Gasteiger partial charge < -0.3 is 5.32 Å². The third-order valence-electron chi connectivity index (χ3n) is 6.17. The van der Waals surface area contributed by atoms with Crippen LogP contribution in [0.3, 0.4) is 0 Å². The molecule has 1 unspecified atom stereocenters. The van der Waals surface area contributed by atoms with Crippen molar-refractivity contribution in [1.29, 1.82) is 0 Å². The lowest BCUT2D eigenvalue weighted by Gasteiger charge is -2.37. The van der Waals surface area contributed by atoms with E-state index >= 15 is 0 Å². The number of thiazole rings is 1. The lowest BCUT2D eigenvalue weighted by molar-refractivity contribution is -0.111. The molecule has 4 heteroatoms. The number of aromatic nitrogens is 1. The molecule has 1 aliphatic rings. The van der Waals surface area contributed by atoms with Crippen LogP contribution in [0.1, 0.15) is 59.1 Å². The van der Waals surface area contributed by atoms with Crippen molar-refractivity contribution in [3.8, 4) is 0 Å². The normalized spacial score (nSPS) is 19.5. The van der Waals surface area contributed by atoms with E-state index in [4.69, 9.17) is 0 Å². The second-order valence-corrected chi connectivity index (χ2v) is 10.1. The van der Waals surface area contributed by atoms with Gasteiger partial charge in [0, 0.05) is 23.1 Å². The quantitative estimate of drug-likeness (QED) is 0.337. The third-order valence-corrected chi connectivity index (χ3v) is 6.78. The molecule has 1 heterocycles. The first-order chi connectivity index (χ1) is 15.8. The van der Waals surface area contributed by atoms with Gasteiger partial charge in [-0.25, -0.2) is 4.98 Å². The number of anilines is 1. The van der Waals surface area contributed by atoms with Gasteiger partial charge >= 0.3 is 0 Å². The van der Waals surface area contributed by atoms with Crippen LogP contribution in [0.2, 0.25) is 0 Å². The molecule has 1 aliphatic carbocycles. The predicted molar refractivity (Wildman–Crippen MR) is 141 cm³/mol. The topological polar surface area (TPSA) is 42.0 Å². The molecule has 0 bridgehead atoms. The molecule has 2 aromatic rings. The number of nitrogens with zero attached hydrogens (tertiary/aromatic N) is 1. The summed E-state index contributed by atoms with van der Waals surface area (Å²) in [5, 5.41) is 5.05. The van der Waals surface area contributed by atoms with Crippen molar-refractivity contribution < 1.29 is 4.79 Å². The Morgan fingerprint density at radius 2 is 1.91 bits per heavy atom. The van der Waals surface area contributed by atoms with Gasteiger partial charge in [0.05, 0.1) is 11.2 Å². The summed E-state index contributed by atoms with van der Waals surface area (Å²) in [5.41, 5.74) is 9.00. The van der Waals surface area contributed by atoms with Crippen LogP contribution in [0.15, 0.2) is 100.0 Å². The fraction of sp³-hybridized carbons (Fsp3) is 0.310. The minimum Gasteiger partial charge on any atom is -0.323 e. The van der Waals surface area contributed by atoms with E-state index in [1.54, 1.807) is 17.4 Å². The van der Waals surface area contributed by atoms with Gasteiger partial charge in [0.25, 0.3) is 0 Å². The summed E-state index contributed by atoms with van der Waals surface area (Å²) in [4.78, 5) is 16.7. The molecule has 0 aliphatic heterocycles. The number of hydrogen-bond acceptors (Lipinski definition) is 3. The summed E-state index contributed by atoms with van der Waals surface area (Å²) in [6, 6.07) is 9.48. The fourth-order valence-electron chi connectivity index (χ4n) is 4.28. The van der Waals surface area contributed by atoms with Crippen molar-refractivity contribution in [2.75, 3.05) is 5.32 Å². The van der Waals surface area contributed by atoms with E-state index in [0.717, 1.165) is 24.1 Å². The Labute approximate surface area is 202 Å². The molecule has 0 fully saturated rings. The molecule has 3 rings (SSSR count). The second kappa shape index (κ2) is 11.2. The zero-order valence-corrected chi connectivity index (χ0v) is 21.1. The van der Waals surface area contributed by atoms with Crippen molar-refractivity contribution in [3.63, 3.8) is 0 Å². The molecule has 1 atom stereocenters. The number of benzene rings is 1. The van der Waals surface area contributed by atoms with Gasteiger partial charge in [-0.15, -0.1) is 11.3 Å². The maximum absolute atomic E-state index is 12.1. The first-order valence-corrected chi connectivity index (χ1v) is 12.4. The van der Waals surface area contributed by atoms with Gasteiger partial charge in [-0.3, -0.25) is 4.79 Å². The molecule has 0 saturated carbocycles. The molecule has 0 spiro atoms. The zero-order chi connectivity index (χ0) is 23.8. The van der Waals surface area contributed by atoms with Crippen LogP contribution in [0.25, 0.3) is 0 Å². The molecule has 3 nitrogen and oxygen atoms in total. The number of allylic oxidation sites excluding steroid dienone is 9. The Morgan fingerprint density at radius 1 is 1.15 bits per heavy atom. The summed E-state index contributed by atoms with van der Waals surface area (Å²) in [7, 11) is 0. The summed E-state index contributed by atoms with van der Waals surface area (Å²) >= 11 is 1.67. The summed E-state index contributed by atoms with van der Waals surface area (Å²) in [6.45, 7) is 11.0. The average Bonchev–Trinajstić information content (AvgIpc) is 3.28. The minimum atomic E-state index is -0.124. The van der Waals surface area contributed by atoms with Gasteiger partial charge in [0.2, 0.25) is 5.91 Å². The maximum atomic E-state index is 12.1. The monoisotopic (exact) mass is 458 g/mol. The van der Waals surface area contributed by atoms with Gasteiger partial charge in [0.1, 0.15) is 0 Å². The first-order valence-electron chi connectivity index (χ1n) is 11.4. The molecular weight excluding hydrogens is 424 g/mol. The van der Waals surface area contributed by atoms with Crippen molar-refractivity contribution in [2.45, 2.75) is 53.4 Å². The zero-order valence-electron chi connectivity index (χ0n) is 20.3. The Hall–Kier alpha value is -2.98. The number of nitrogens with one attached hydrogen (secondary N) is 1. The molecular formula is C29H34N2OS. The van der Waals surface area contributed by atoms with E-state index in [1.165, 1.54) is 22.4 Å². The number of amides is 1. The molecule has 0 radical (unpaired) electrons. The van der Waals surface area contributed by atoms with E-state index in [0.29, 0.717) is 5.92 Å². The molecule has 1 N–H and O–H groups in total. The highest BCUT2D eigenvalue weighted by molar-refractivity contribution is 7.07. The molecule has 172 valence electrons. The van der Waals surface area contributed by atoms with E-state index in [1.807, 2.05) is 54.9 Å². The molecule has 0 saturated heterocycles. The van der Waals surface area contributed by atoms with Gasteiger partial charge in [-0.2, -0.15) is 0 Å². The first kappa shape index (κ1) is 24.7. The molecule has 1 aromatic heterocycles. The summed E-state index contributed by atoms with van der Waals surface area (Å²) in [6.07, 6.45) is 14.4. The van der Waals surface area contributed by atoms with E-state index < -0.39 is 0 Å². The Morgan fingerprint density at radius 3 is 2.61 bits per heavy atom. The van der Waals surface area contributed by atoms with Crippen LogP contribution >= 0.6 is 11.3 Å². The summed E-state index contributed by atoms with van der Waals surface area (Å²) in [5.74, 6) is 0.295. The fourth-order valence-corrected chi connectivity index (χ4v) is 4.88. The second-order valence-electron chi connectivity index (χ2n) is 9.33. The Bertz CT molecular complexity index is 1100. The average molecular weight is 459 g/mol. The van der Waals surface area contributed by atoms with Gasteiger partial charge in [-0.1, -0.05) is 73.6 Å². The van der Waals surface area contributed by atoms with E-state index in [2.05, 4.69) is 61.6 Å². The smallest absolute Gasteiger partial charge is 0.248 e. The highest BCUT2D eigenvalue weighted by Crippen LogP contribution is 2.47. The van der Waals surface area contributed by atoms with Crippen LogP contribution < -0.4 is 5.32 Å². The van der Waals surface area contributed by atoms with Crippen LogP contribution in [-0.2, 0) is 4.79 Å². The third kappa shape index (κ3) is 7.00. The van der Waals surface area contributed by atoms with E-state index in [-0.39, 0.29) is 11.3 Å². The largest absolute Gasteiger partial charge is 0.323 e. The van der Waals surface area contributed by atoms with Crippen LogP contribution in [0, 0.1) is 5.41 Å². The van der Waals surface area contributed by atoms with Crippen LogP contribution in [-0.4, -0.2) is 10.9 Å². The standard InChI is InChI=1S/C29H34N2OS/c1-21(10-9-11-22(2)18-28(32)31-24-12-7-6-8-13-24)14-15-26-23(3)25(16-17-29(26,4)5)27-19-33-20-30-27/h6-15,18-20,25H,16-17H2,1-5H3,(H,31,32)/b11-9+,15-14+,21-10+,22-18-. The lowest BCUT2D eigenvalue weighted by atomic mass is 9.68. The van der Waals surface area contributed by atoms with Crippen molar-refractivity contribution in [2.24, 2.45) is 5.41 Å². The molecule has 1 aromatic carbocycles. The lowest BCUT2D eigenvalue weighted by Crippen LogP contribution is -2.23. The maximum Gasteiger partial charge on any atom is 0.248 e. The SMILES string of the molecule is CC1=C(/C=C/C(C)=C/C=C/C(C)=C\C(=O)Nc2ccccc2)C(C)(C)CCC1c1cscn1. The van der Waals surface area contributed by atoms with Crippen molar-refractivity contribution >= 4 is 22.9 Å². The Balaban J connectivity index is 1.66. The van der Waals surface area contributed by atoms with Crippen LogP contribution in [0.5, 0.6) is 0 Å². The molecule has 33 heavy (non-hydrogen) atoms. The van der Waals surface area contributed by atoms with Crippen molar-refractivity contribution in [3.05, 3.63) is 106 Å². The number of hydrogen-bond donors (Lipinski definition) is 1. The minimum absolute atomic E-state index is 0.124. The van der Waals surface area contributed by atoms with Gasteiger partial charge in [-0.05, 0) is 62.3 Å². The predicted octanol–water partition coefficient (Wildman–Crippen LogP) is 8.01. The summed E-state index contributed by atoms with van der Waals surface area (Å²) < 4.78 is 0. The van der Waals surface area contributed by atoms with Gasteiger partial charge in [0.15, 0.2) is 0 Å². The number of carbonyl (C=O) groups is 1. The highest BCUT2D eigenvalue weighted by atomic mass is 32.1. The number of carbonyl (C=O) groups excluding carboxylic acids is 1. The van der Waals surface area contributed by atoms with E-state index in [9.17, 15) is 4.79 Å².